The molecule has 0 saturated carbocycles. The number of carbonyl (C=O) groups is 1. The number of ether oxygens (including phenoxy) is 1. The molecule has 0 aromatic rings. The lowest BCUT2D eigenvalue weighted by Gasteiger charge is -2.26. The summed E-state index contributed by atoms with van der Waals surface area (Å²) in [6, 6.07) is 0. The molecule has 0 aromatic heterocycles. The Labute approximate surface area is 110 Å². The van der Waals surface area contributed by atoms with Gasteiger partial charge in [-0.3, -0.25) is 4.79 Å². The monoisotopic (exact) mass is 264 g/mol. The zero-order chi connectivity index (χ0) is 11.8. The molecular formula is C12H25ClN2O2. The van der Waals surface area contributed by atoms with E-state index in [1.807, 2.05) is 4.90 Å². The molecule has 2 N–H and O–H groups in total. The Balaban J connectivity index is 0.00000256. The fraction of sp³-hybridized carbons (Fsp3) is 0.917. The number of hydrogen-bond donors (Lipinski definition) is 1. The van der Waals surface area contributed by atoms with Crippen molar-refractivity contribution in [3.05, 3.63) is 0 Å². The summed E-state index contributed by atoms with van der Waals surface area (Å²) in [6.07, 6.45) is 6.36. The normalized spacial score (nSPS) is 18.8. The van der Waals surface area contributed by atoms with Gasteiger partial charge in [-0.2, -0.15) is 0 Å². The maximum atomic E-state index is 12.0. The van der Waals surface area contributed by atoms with E-state index in [1.165, 1.54) is 19.3 Å². The van der Waals surface area contributed by atoms with Gasteiger partial charge in [0.2, 0.25) is 5.91 Å². The zero-order valence-electron chi connectivity index (χ0n) is 10.7. The molecule has 1 aliphatic heterocycles. The van der Waals surface area contributed by atoms with Gasteiger partial charge in [-0.25, -0.2) is 0 Å². The molecule has 1 fully saturated rings. The fourth-order valence-electron chi connectivity index (χ4n) is 2.08. The Morgan fingerprint density at radius 1 is 1.24 bits per heavy atom. The second-order valence-corrected chi connectivity index (χ2v) is 4.45. The quantitative estimate of drug-likeness (QED) is 0.839. The molecule has 1 heterocycles. The number of likely N-dealkylation sites (tertiary alicyclic amines) is 1. The van der Waals surface area contributed by atoms with Crippen molar-refractivity contribution in [2.75, 3.05) is 26.7 Å². The second-order valence-electron chi connectivity index (χ2n) is 4.45. The summed E-state index contributed by atoms with van der Waals surface area (Å²) in [6.45, 7) is 2.22. The fourth-order valence-corrected chi connectivity index (χ4v) is 2.08. The SMILES string of the molecule is COC(CN)CC(=O)N1CCCCCCC1.Cl. The lowest BCUT2D eigenvalue weighted by molar-refractivity contribution is -0.134. The summed E-state index contributed by atoms with van der Waals surface area (Å²) in [5, 5.41) is 0. The average molecular weight is 265 g/mol. The van der Waals surface area contributed by atoms with Crippen molar-refractivity contribution in [2.24, 2.45) is 5.73 Å². The van der Waals surface area contributed by atoms with E-state index in [9.17, 15) is 4.79 Å². The molecule has 17 heavy (non-hydrogen) atoms. The molecule has 0 radical (unpaired) electrons. The first kappa shape index (κ1) is 16.7. The highest BCUT2D eigenvalue weighted by atomic mass is 35.5. The van der Waals surface area contributed by atoms with Gasteiger partial charge in [0.05, 0.1) is 12.5 Å². The summed E-state index contributed by atoms with van der Waals surface area (Å²) in [5.41, 5.74) is 5.52. The Morgan fingerprint density at radius 2 is 1.76 bits per heavy atom. The maximum Gasteiger partial charge on any atom is 0.225 e. The van der Waals surface area contributed by atoms with Gasteiger partial charge in [-0.1, -0.05) is 19.3 Å². The van der Waals surface area contributed by atoms with Crippen LogP contribution in [-0.4, -0.2) is 43.7 Å². The van der Waals surface area contributed by atoms with E-state index in [4.69, 9.17) is 10.5 Å². The van der Waals surface area contributed by atoms with Crippen LogP contribution in [0.15, 0.2) is 0 Å². The summed E-state index contributed by atoms with van der Waals surface area (Å²) in [5.74, 6) is 0.194. The van der Waals surface area contributed by atoms with E-state index in [0.717, 1.165) is 25.9 Å². The van der Waals surface area contributed by atoms with Gasteiger partial charge < -0.3 is 15.4 Å². The van der Waals surface area contributed by atoms with Crippen molar-refractivity contribution < 1.29 is 9.53 Å². The summed E-state index contributed by atoms with van der Waals surface area (Å²) in [4.78, 5) is 14.0. The molecule has 4 nitrogen and oxygen atoms in total. The van der Waals surface area contributed by atoms with Crippen LogP contribution in [0.5, 0.6) is 0 Å². The van der Waals surface area contributed by atoms with Crippen LogP contribution in [0.1, 0.15) is 38.5 Å². The van der Waals surface area contributed by atoms with E-state index >= 15 is 0 Å². The minimum Gasteiger partial charge on any atom is -0.380 e. The van der Waals surface area contributed by atoms with Crippen molar-refractivity contribution in [1.82, 2.24) is 4.90 Å². The number of nitrogens with two attached hydrogens (primary N) is 1. The van der Waals surface area contributed by atoms with Crippen LogP contribution < -0.4 is 5.73 Å². The summed E-state index contributed by atoms with van der Waals surface area (Å²) >= 11 is 0. The smallest absolute Gasteiger partial charge is 0.225 e. The molecule has 0 aromatic carbocycles. The first-order valence-electron chi connectivity index (χ1n) is 6.28. The number of rotatable bonds is 4. The Bertz CT molecular complexity index is 203. The van der Waals surface area contributed by atoms with Crippen molar-refractivity contribution in [1.29, 1.82) is 0 Å². The van der Waals surface area contributed by atoms with Gasteiger partial charge in [-0.05, 0) is 12.8 Å². The first-order chi connectivity index (χ1) is 7.77. The van der Waals surface area contributed by atoms with Crippen LogP contribution in [0.25, 0.3) is 0 Å². The lowest BCUT2D eigenvalue weighted by Crippen LogP contribution is -2.37. The van der Waals surface area contributed by atoms with Gasteiger partial charge in [0.25, 0.3) is 0 Å². The second kappa shape index (κ2) is 9.68. The number of halogens is 1. The Hall–Kier alpha value is -0.320. The molecule has 0 aliphatic carbocycles. The molecule has 1 aliphatic rings. The van der Waals surface area contributed by atoms with Gasteiger partial charge in [0.15, 0.2) is 0 Å². The number of carbonyl (C=O) groups excluding carboxylic acids is 1. The Kier molecular flexibility index (Phi) is 9.50. The van der Waals surface area contributed by atoms with Gasteiger partial charge in [-0.15, -0.1) is 12.4 Å². The van der Waals surface area contributed by atoms with Crippen LogP contribution in [-0.2, 0) is 9.53 Å². The van der Waals surface area contributed by atoms with Gasteiger partial charge in [0, 0.05) is 26.7 Å². The average Bonchev–Trinajstić information content (AvgIpc) is 2.25. The third-order valence-corrected chi connectivity index (χ3v) is 3.21. The van der Waals surface area contributed by atoms with Crippen LogP contribution in [0.2, 0.25) is 0 Å². The highest BCUT2D eigenvalue weighted by molar-refractivity contribution is 5.85. The third-order valence-electron chi connectivity index (χ3n) is 3.21. The Morgan fingerprint density at radius 3 is 2.24 bits per heavy atom. The van der Waals surface area contributed by atoms with E-state index < -0.39 is 0 Å². The number of hydrogen-bond acceptors (Lipinski definition) is 3. The molecule has 0 spiro atoms. The number of nitrogens with zero attached hydrogens (tertiary/aromatic N) is 1. The lowest BCUT2D eigenvalue weighted by atomic mass is 10.1. The van der Waals surface area contributed by atoms with E-state index in [-0.39, 0.29) is 24.4 Å². The highest BCUT2D eigenvalue weighted by Crippen LogP contribution is 2.12. The van der Waals surface area contributed by atoms with Crippen LogP contribution in [0.4, 0.5) is 0 Å². The molecule has 0 bridgehead atoms. The van der Waals surface area contributed by atoms with E-state index in [0.29, 0.717) is 13.0 Å². The zero-order valence-corrected chi connectivity index (χ0v) is 11.5. The number of amides is 1. The highest BCUT2D eigenvalue weighted by Gasteiger charge is 2.18. The topological polar surface area (TPSA) is 55.6 Å². The van der Waals surface area contributed by atoms with Crippen molar-refractivity contribution in [2.45, 2.75) is 44.6 Å². The molecular weight excluding hydrogens is 240 g/mol. The molecule has 1 saturated heterocycles. The molecule has 1 unspecified atom stereocenters. The van der Waals surface area contributed by atoms with Gasteiger partial charge in [0.1, 0.15) is 0 Å². The van der Waals surface area contributed by atoms with Crippen LogP contribution in [0.3, 0.4) is 0 Å². The molecule has 1 rings (SSSR count). The summed E-state index contributed by atoms with van der Waals surface area (Å²) in [7, 11) is 1.61. The molecule has 102 valence electrons. The van der Waals surface area contributed by atoms with Crippen molar-refractivity contribution >= 4 is 18.3 Å². The predicted octanol–water partition coefficient (Wildman–Crippen LogP) is 1.56. The number of methoxy groups -OCH3 is 1. The first-order valence-corrected chi connectivity index (χ1v) is 6.28. The van der Waals surface area contributed by atoms with Crippen LogP contribution >= 0.6 is 12.4 Å². The maximum absolute atomic E-state index is 12.0. The van der Waals surface area contributed by atoms with Crippen LogP contribution in [0, 0.1) is 0 Å². The predicted molar refractivity (Wildman–Crippen MR) is 71.4 cm³/mol. The summed E-state index contributed by atoms with van der Waals surface area (Å²) < 4.78 is 5.14. The van der Waals surface area contributed by atoms with Crippen molar-refractivity contribution in [3.8, 4) is 0 Å². The van der Waals surface area contributed by atoms with E-state index in [2.05, 4.69) is 0 Å². The minimum absolute atomic E-state index is 0. The third kappa shape index (κ3) is 6.24. The molecule has 5 heteroatoms. The molecule has 1 amide bonds. The minimum atomic E-state index is -0.127. The van der Waals surface area contributed by atoms with Gasteiger partial charge >= 0.3 is 0 Å². The van der Waals surface area contributed by atoms with E-state index in [1.54, 1.807) is 7.11 Å². The van der Waals surface area contributed by atoms with Crippen molar-refractivity contribution in [3.63, 3.8) is 0 Å². The molecule has 1 atom stereocenters. The largest absolute Gasteiger partial charge is 0.380 e. The standard InChI is InChI=1S/C12H24N2O2.ClH/c1-16-11(10-13)9-12(15)14-7-5-3-2-4-6-8-14;/h11H,2-10,13H2,1H3;1H.